The van der Waals surface area contributed by atoms with E-state index in [-0.39, 0.29) is 6.03 Å². The van der Waals surface area contributed by atoms with Gasteiger partial charge in [-0.3, -0.25) is 0 Å². The summed E-state index contributed by atoms with van der Waals surface area (Å²) in [5, 5.41) is 3.02. The van der Waals surface area contributed by atoms with Crippen LogP contribution in [0.25, 0.3) is 5.69 Å². The number of anilines is 2. The molecule has 1 aromatic heterocycles. The summed E-state index contributed by atoms with van der Waals surface area (Å²) in [6.07, 6.45) is 3.98. The van der Waals surface area contributed by atoms with Gasteiger partial charge in [-0.1, -0.05) is 24.3 Å². The Labute approximate surface area is 153 Å². The van der Waals surface area contributed by atoms with E-state index >= 15 is 0 Å². The van der Waals surface area contributed by atoms with Crippen molar-refractivity contribution < 1.29 is 4.79 Å². The highest BCUT2D eigenvalue weighted by Gasteiger charge is 2.21. The average Bonchev–Trinajstić information content (AvgIpc) is 3.24. The molecule has 4 rings (SSSR count). The lowest BCUT2D eigenvalue weighted by Gasteiger charge is -2.36. The molecular weight excluding hydrogens is 324 g/mol. The van der Waals surface area contributed by atoms with E-state index in [4.69, 9.17) is 0 Å². The molecule has 1 aliphatic heterocycles. The summed E-state index contributed by atoms with van der Waals surface area (Å²) in [4.78, 5) is 16.8. The fourth-order valence-electron chi connectivity index (χ4n) is 3.26. The number of benzene rings is 2. The second-order valence-electron chi connectivity index (χ2n) is 6.38. The number of urea groups is 1. The molecule has 1 saturated heterocycles. The predicted octanol–water partition coefficient (Wildman–Crippen LogP) is 3.83. The fraction of sp³-hybridized carbons (Fsp3) is 0.190. The van der Waals surface area contributed by atoms with E-state index in [0.29, 0.717) is 0 Å². The first-order valence-electron chi connectivity index (χ1n) is 8.89. The number of piperazine rings is 1. The Kier molecular flexibility index (Phi) is 4.60. The fourth-order valence-corrected chi connectivity index (χ4v) is 3.26. The maximum atomic E-state index is 12.6. The molecular formula is C21H22N4O. The van der Waals surface area contributed by atoms with Gasteiger partial charge in [0.05, 0.1) is 0 Å². The minimum Gasteiger partial charge on any atom is -0.368 e. The largest absolute Gasteiger partial charge is 0.368 e. The molecule has 2 heterocycles. The molecule has 5 heteroatoms. The Balaban J connectivity index is 1.37. The van der Waals surface area contributed by atoms with E-state index in [2.05, 4.69) is 22.3 Å². The van der Waals surface area contributed by atoms with Crippen LogP contribution in [0.5, 0.6) is 0 Å². The first kappa shape index (κ1) is 16.3. The van der Waals surface area contributed by atoms with E-state index in [9.17, 15) is 4.79 Å². The van der Waals surface area contributed by atoms with Crippen molar-refractivity contribution in [1.82, 2.24) is 9.47 Å². The second kappa shape index (κ2) is 7.35. The van der Waals surface area contributed by atoms with Crippen molar-refractivity contribution >= 4 is 17.4 Å². The normalized spacial score (nSPS) is 14.3. The van der Waals surface area contributed by atoms with Crippen LogP contribution in [0.15, 0.2) is 79.1 Å². The zero-order valence-corrected chi connectivity index (χ0v) is 14.6. The van der Waals surface area contributed by atoms with Crippen LogP contribution in [-0.4, -0.2) is 41.7 Å². The predicted molar refractivity (Wildman–Crippen MR) is 105 cm³/mol. The summed E-state index contributed by atoms with van der Waals surface area (Å²) in [7, 11) is 0. The molecule has 5 nitrogen and oxygen atoms in total. The lowest BCUT2D eigenvalue weighted by atomic mass is 10.2. The molecule has 1 aliphatic rings. The standard InChI is InChI=1S/C21H22N4O/c26-21(22-18-7-6-10-20(17-18)23-11-4-5-12-23)25-15-13-24(14-16-25)19-8-2-1-3-9-19/h1-12,17H,13-16H2,(H,22,26). The number of rotatable bonds is 3. The Morgan fingerprint density at radius 2 is 1.46 bits per heavy atom. The number of carbonyl (C=O) groups excluding carboxylic acids is 1. The van der Waals surface area contributed by atoms with Crippen LogP contribution in [-0.2, 0) is 0 Å². The van der Waals surface area contributed by atoms with Crippen LogP contribution in [0.1, 0.15) is 0 Å². The number of hydrogen-bond acceptors (Lipinski definition) is 2. The molecule has 0 atom stereocenters. The molecule has 1 N–H and O–H groups in total. The van der Waals surface area contributed by atoms with Crippen molar-refractivity contribution in [2.24, 2.45) is 0 Å². The summed E-state index contributed by atoms with van der Waals surface area (Å²) < 4.78 is 2.02. The van der Waals surface area contributed by atoms with Gasteiger partial charge in [0.15, 0.2) is 0 Å². The van der Waals surface area contributed by atoms with Gasteiger partial charge in [-0.25, -0.2) is 4.79 Å². The van der Waals surface area contributed by atoms with E-state index in [0.717, 1.165) is 37.6 Å². The van der Waals surface area contributed by atoms with Crippen LogP contribution in [0, 0.1) is 0 Å². The topological polar surface area (TPSA) is 40.5 Å². The quantitative estimate of drug-likeness (QED) is 0.783. The number of aromatic nitrogens is 1. The molecule has 0 bridgehead atoms. The van der Waals surface area contributed by atoms with Crippen molar-refractivity contribution in [1.29, 1.82) is 0 Å². The first-order chi connectivity index (χ1) is 12.8. The number of para-hydroxylation sites is 1. The average molecular weight is 346 g/mol. The van der Waals surface area contributed by atoms with Crippen LogP contribution in [0.4, 0.5) is 16.2 Å². The number of nitrogens with one attached hydrogen (secondary N) is 1. The Morgan fingerprint density at radius 3 is 2.19 bits per heavy atom. The summed E-state index contributed by atoms with van der Waals surface area (Å²) in [6, 6.07) is 22.2. The Bertz CT molecular complexity index is 853. The minimum atomic E-state index is -0.0395. The van der Waals surface area contributed by atoms with E-state index in [1.807, 2.05) is 76.5 Å². The molecule has 132 valence electrons. The van der Waals surface area contributed by atoms with Crippen LogP contribution in [0.3, 0.4) is 0 Å². The van der Waals surface area contributed by atoms with Gasteiger partial charge in [0.25, 0.3) is 0 Å². The Morgan fingerprint density at radius 1 is 0.769 bits per heavy atom. The highest BCUT2D eigenvalue weighted by molar-refractivity contribution is 5.89. The summed E-state index contributed by atoms with van der Waals surface area (Å²) in [5.41, 5.74) is 3.06. The van der Waals surface area contributed by atoms with Crippen molar-refractivity contribution in [3.8, 4) is 5.69 Å². The maximum Gasteiger partial charge on any atom is 0.321 e. The molecule has 0 radical (unpaired) electrons. The minimum absolute atomic E-state index is 0.0395. The third-order valence-corrected chi connectivity index (χ3v) is 4.69. The second-order valence-corrected chi connectivity index (χ2v) is 6.38. The van der Waals surface area contributed by atoms with E-state index in [1.54, 1.807) is 0 Å². The summed E-state index contributed by atoms with van der Waals surface area (Å²) in [6.45, 7) is 3.14. The van der Waals surface area contributed by atoms with Gasteiger partial charge in [0, 0.05) is 55.6 Å². The zero-order chi connectivity index (χ0) is 17.8. The van der Waals surface area contributed by atoms with Crippen LogP contribution < -0.4 is 10.2 Å². The highest BCUT2D eigenvalue weighted by Crippen LogP contribution is 2.18. The van der Waals surface area contributed by atoms with Crippen molar-refractivity contribution in [2.45, 2.75) is 0 Å². The van der Waals surface area contributed by atoms with Crippen molar-refractivity contribution in [2.75, 3.05) is 36.4 Å². The van der Waals surface area contributed by atoms with Gasteiger partial charge in [-0.2, -0.15) is 0 Å². The summed E-state index contributed by atoms with van der Waals surface area (Å²) in [5.74, 6) is 0. The van der Waals surface area contributed by atoms with Crippen LogP contribution >= 0.6 is 0 Å². The van der Waals surface area contributed by atoms with Gasteiger partial charge in [0.2, 0.25) is 0 Å². The molecule has 0 unspecified atom stereocenters. The third kappa shape index (κ3) is 3.57. The number of carbonyl (C=O) groups is 1. The summed E-state index contributed by atoms with van der Waals surface area (Å²) >= 11 is 0. The molecule has 0 aliphatic carbocycles. The van der Waals surface area contributed by atoms with E-state index in [1.165, 1.54) is 5.69 Å². The smallest absolute Gasteiger partial charge is 0.321 e. The van der Waals surface area contributed by atoms with E-state index < -0.39 is 0 Å². The van der Waals surface area contributed by atoms with Gasteiger partial charge in [-0.05, 0) is 42.5 Å². The van der Waals surface area contributed by atoms with Crippen molar-refractivity contribution in [3.05, 3.63) is 79.1 Å². The maximum absolute atomic E-state index is 12.6. The highest BCUT2D eigenvalue weighted by atomic mass is 16.2. The third-order valence-electron chi connectivity index (χ3n) is 4.69. The SMILES string of the molecule is O=C(Nc1cccc(-n2cccc2)c1)N1CCN(c2ccccc2)CC1. The zero-order valence-electron chi connectivity index (χ0n) is 14.6. The number of nitrogens with zero attached hydrogens (tertiary/aromatic N) is 3. The lowest BCUT2D eigenvalue weighted by Crippen LogP contribution is -2.50. The Hall–Kier alpha value is -3.21. The molecule has 1 fully saturated rings. The van der Waals surface area contributed by atoms with Crippen LogP contribution in [0.2, 0.25) is 0 Å². The van der Waals surface area contributed by atoms with Gasteiger partial charge >= 0.3 is 6.03 Å². The molecule has 2 aromatic carbocycles. The number of amides is 2. The molecule has 0 spiro atoms. The monoisotopic (exact) mass is 346 g/mol. The first-order valence-corrected chi connectivity index (χ1v) is 8.89. The van der Waals surface area contributed by atoms with Crippen molar-refractivity contribution in [3.63, 3.8) is 0 Å². The lowest BCUT2D eigenvalue weighted by molar-refractivity contribution is 0.208. The van der Waals surface area contributed by atoms with Gasteiger partial charge < -0.3 is 19.7 Å². The van der Waals surface area contributed by atoms with Gasteiger partial charge in [0.1, 0.15) is 0 Å². The molecule has 0 saturated carbocycles. The van der Waals surface area contributed by atoms with Gasteiger partial charge in [-0.15, -0.1) is 0 Å². The molecule has 3 aromatic rings. The number of hydrogen-bond donors (Lipinski definition) is 1. The molecule has 26 heavy (non-hydrogen) atoms. The molecule has 2 amide bonds.